The minimum Gasteiger partial charge on any atom is -0.457 e. The molecule has 160 valence electrons. The van der Waals surface area contributed by atoms with Crippen molar-refractivity contribution in [3.8, 4) is 11.3 Å². The summed E-state index contributed by atoms with van der Waals surface area (Å²) in [6.45, 7) is 2.96. The first-order valence-electron chi connectivity index (χ1n) is 9.76. The third-order valence-corrected chi connectivity index (χ3v) is 5.42. The molecular weight excluding hydrogens is 437 g/mol. The number of anilines is 3. The van der Waals surface area contributed by atoms with Gasteiger partial charge in [-0.15, -0.1) is 0 Å². The van der Waals surface area contributed by atoms with Gasteiger partial charge in [-0.1, -0.05) is 23.2 Å². The number of ether oxygens (including phenoxy) is 1. The van der Waals surface area contributed by atoms with Crippen molar-refractivity contribution >= 4 is 52.2 Å². The molecule has 1 amide bonds. The van der Waals surface area contributed by atoms with Gasteiger partial charge in [0.15, 0.2) is 0 Å². The van der Waals surface area contributed by atoms with Gasteiger partial charge in [0, 0.05) is 35.4 Å². The number of halogens is 2. The van der Waals surface area contributed by atoms with Crippen LogP contribution >= 0.6 is 23.2 Å². The van der Waals surface area contributed by atoms with Gasteiger partial charge < -0.3 is 25.1 Å². The van der Waals surface area contributed by atoms with E-state index in [1.165, 1.54) is 6.08 Å². The third kappa shape index (κ3) is 5.22. The molecule has 4 rings (SSSR count). The number of furan rings is 1. The molecule has 1 aliphatic heterocycles. The van der Waals surface area contributed by atoms with Crippen LogP contribution in [0.1, 0.15) is 5.76 Å². The molecule has 1 aromatic heterocycles. The minimum absolute atomic E-state index is 0.291. The van der Waals surface area contributed by atoms with Gasteiger partial charge in [-0.3, -0.25) is 4.79 Å². The molecule has 8 heteroatoms. The molecule has 0 aliphatic carbocycles. The maximum absolute atomic E-state index is 12.3. The lowest BCUT2D eigenvalue weighted by Gasteiger charge is -2.30. The van der Waals surface area contributed by atoms with Gasteiger partial charge in [0.05, 0.1) is 29.6 Å². The van der Waals surface area contributed by atoms with Crippen LogP contribution in [-0.2, 0) is 9.53 Å². The number of carbonyl (C=O) groups is 1. The number of hydrogen-bond donors (Lipinski definition) is 2. The van der Waals surface area contributed by atoms with Crippen LogP contribution in [0.5, 0.6) is 0 Å². The molecule has 1 aliphatic rings. The lowest BCUT2D eigenvalue weighted by atomic mass is 10.2. The fourth-order valence-corrected chi connectivity index (χ4v) is 3.84. The highest BCUT2D eigenvalue weighted by Gasteiger charge is 2.14. The van der Waals surface area contributed by atoms with E-state index < -0.39 is 0 Å². The number of nitrogens with one attached hydrogen (secondary N) is 1. The van der Waals surface area contributed by atoms with Crippen LogP contribution in [-0.4, -0.2) is 32.2 Å². The number of hydrogen-bond acceptors (Lipinski definition) is 5. The van der Waals surface area contributed by atoms with Gasteiger partial charge in [-0.25, -0.2) is 0 Å². The number of carbonyl (C=O) groups excluding carboxylic acids is 1. The van der Waals surface area contributed by atoms with Crippen molar-refractivity contribution in [3.05, 3.63) is 70.4 Å². The Labute approximate surface area is 190 Å². The SMILES string of the molecule is Nc1cc(NC(=O)/C=C/c2ccc(-c3ccc(Cl)cc3Cl)o2)ccc1N1CCOCC1. The van der Waals surface area contributed by atoms with Gasteiger partial charge in [-0.05, 0) is 54.6 Å². The highest BCUT2D eigenvalue weighted by Crippen LogP contribution is 2.32. The lowest BCUT2D eigenvalue weighted by Crippen LogP contribution is -2.36. The summed E-state index contributed by atoms with van der Waals surface area (Å²) < 4.78 is 11.1. The van der Waals surface area contributed by atoms with Crippen molar-refractivity contribution in [3.63, 3.8) is 0 Å². The molecule has 2 heterocycles. The maximum Gasteiger partial charge on any atom is 0.248 e. The molecular formula is C23H21Cl2N3O3. The average Bonchev–Trinajstić information content (AvgIpc) is 3.22. The summed E-state index contributed by atoms with van der Waals surface area (Å²) in [6, 6.07) is 14.2. The van der Waals surface area contributed by atoms with E-state index >= 15 is 0 Å². The Morgan fingerprint density at radius 2 is 1.87 bits per heavy atom. The second-order valence-corrected chi connectivity index (χ2v) is 7.87. The molecule has 0 spiro atoms. The van der Waals surface area contributed by atoms with Gasteiger partial charge in [0.2, 0.25) is 5.91 Å². The number of rotatable bonds is 5. The number of nitrogens with two attached hydrogens (primary N) is 1. The Balaban J connectivity index is 1.40. The van der Waals surface area contributed by atoms with Crippen molar-refractivity contribution in [2.24, 2.45) is 0 Å². The Morgan fingerprint density at radius 3 is 2.61 bits per heavy atom. The number of amides is 1. The van der Waals surface area contributed by atoms with E-state index in [0.29, 0.717) is 46.2 Å². The van der Waals surface area contributed by atoms with Crippen molar-refractivity contribution in [2.45, 2.75) is 0 Å². The maximum atomic E-state index is 12.3. The first kappa shape index (κ1) is 21.3. The summed E-state index contributed by atoms with van der Waals surface area (Å²) in [4.78, 5) is 14.5. The zero-order valence-corrected chi connectivity index (χ0v) is 18.1. The molecule has 0 radical (unpaired) electrons. The Morgan fingerprint density at radius 1 is 1.06 bits per heavy atom. The van der Waals surface area contributed by atoms with Crippen LogP contribution in [0.15, 0.2) is 59.0 Å². The summed E-state index contributed by atoms with van der Waals surface area (Å²) in [6.07, 6.45) is 2.99. The lowest BCUT2D eigenvalue weighted by molar-refractivity contribution is -0.111. The van der Waals surface area contributed by atoms with E-state index in [0.717, 1.165) is 24.3 Å². The molecule has 0 unspecified atom stereocenters. The second kappa shape index (κ2) is 9.47. The standard InChI is InChI=1S/C23H21Cl2N3O3/c24-15-1-5-18(19(25)13-15)22-7-3-17(31-22)4-8-23(29)27-16-2-6-21(20(26)14-16)28-9-11-30-12-10-28/h1-8,13-14H,9-12,26H2,(H,27,29)/b8-4+. The van der Waals surface area contributed by atoms with Crippen molar-refractivity contribution in [1.29, 1.82) is 0 Å². The summed E-state index contributed by atoms with van der Waals surface area (Å²) in [5, 5.41) is 3.86. The van der Waals surface area contributed by atoms with E-state index in [1.54, 1.807) is 42.5 Å². The van der Waals surface area contributed by atoms with Crippen LogP contribution in [0.3, 0.4) is 0 Å². The summed E-state index contributed by atoms with van der Waals surface area (Å²) >= 11 is 12.2. The Kier molecular flexibility index (Phi) is 6.51. The van der Waals surface area contributed by atoms with Crippen LogP contribution in [0, 0.1) is 0 Å². The van der Waals surface area contributed by atoms with Gasteiger partial charge in [0.1, 0.15) is 11.5 Å². The van der Waals surface area contributed by atoms with Gasteiger partial charge in [0.25, 0.3) is 0 Å². The molecule has 0 atom stereocenters. The third-order valence-electron chi connectivity index (χ3n) is 4.87. The molecule has 0 bridgehead atoms. The van der Waals surface area contributed by atoms with Crippen LogP contribution in [0.2, 0.25) is 10.0 Å². The van der Waals surface area contributed by atoms with Crippen molar-refractivity contribution < 1.29 is 13.9 Å². The van der Waals surface area contributed by atoms with E-state index in [2.05, 4.69) is 10.2 Å². The van der Waals surface area contributed by atoms with Crippen molar-refractivity contribution in [2.75, 3.05) is 42.3 Å². The predicted molar refractivity (Wildman–Crippen MR) is 126 cm³/mol. The molecule has 3 N–H and O–H groups in total. The van der Waals surface area contributed by atoms with Gasteiger partial charge in [-0.2, -0.15) is 0 Å². The van der Waals surface area contributed by atoms with Crippen LogP contribution < -0.4 is 16.0 Å². The summed E-state index contributed by atoms with van der Waals surface area (Å²) in [5.41, 5.74) is 9.09. The fraction of sp³-hybridized carbons (Fsp3) is 0.174. The molecule has 2 aromatic carbocycles. The zero-order chi connectivity index (χ0) is 21.8. The molecule has 31 heavy (non-hydrogen) atoms. The second-order valence-electron chi connectivity index (χ2n) is 7.02. The topological polar surface area (TPSA) is 80.7 Å². The first-order chi connectivity index (χ1) is 15.0. The van der Waals surface area contributed by atoms with E-state index in [-0.39, 0.29) is 5.91 Å². The quantitative estimate of drug-likeness (QED) is 0.399. The highest BCUT2D eigenvalue weighted by molar-refractivity contribution is 6.36. The number of nitrogen functional groups attached to an aromatic ring is 1. The number of nitrogens with zero attached hydrogens (tertiary/aromatic N) is 1. The molecule has 1 fully saturated rings. The van der Waals surface area contributed by atoms with Crippen LogP contribution in [0.25, 0.3) is 17.4 Å². The summed E-state index contributed by atoms with van der Waals surface area (Å²) in [7, 11) is 0. The summed E-state index contributed by atoms with van der Waals surface area (Å²) in [5.74, 6) is 0.826. The normalized spacial score (nSPS) is 14.2. The van der Waals surface area contributed by atoms with Crippen molar-refractivity contribution in [1.82, 2.24) is 0 Å². The minimum atomic E-state index is -0.291. The fourth-order valence-electron chi connectivity index (χ4n) is 3.34. The van der Waals surface area contributed by atoms with Crippen LogP contribution in [0.4, 0.5) is 17.1 Å². The largest absolute Gasteiger partial charge is 0.457 e. The molecule has 1 saturated heterocycles. The number of benzene rings is 2. The first-order valence-corrected chi connectivity index (χ1v) is 10.5. The van der Waals surface area contributed by atoms with Gasteiger partial charge >= 0.3 is 0 Å². The Bertz CT molecular complexity index is 1120. The average molecular weight is 458 g/mol. The van der Waals surface area contributed by atoms with E-state index in [1.807, 2.05) is 12.1 Å². The monoisotopic (exact) mass is 457 g/mol. The molecule has 6 nitrogen and oxygen atoms in total. The number of morpholine rings is 1. The zero-order valence-electron chi connectivity index (χ0n) is 16.6. The van der Waals surface area contributed by atoms with E-state index in [4.69, 9.17) is 38.1 Å². The van der Waals surface area contributed by atoms with E-state index in [9.17, 15) is 4.79 Å². The molecule has 0 saturated carbocycles. The highest BCUT2D eigenvalue weighted by atomic mass is 35.5. The smallest absolute Gasteiger partial charge is 0.248 e. The Hall–Kier alpha value is -2.93. The predicted octanol–water partition coefficient (Wildman–Crippen LogP) is 5.32. The molecule has 3 aromatic rings.